The van der Waals surface area contributed by atoms with Crippen molar-refractivity contribution in [3.8, 4) is 0 Å². The quantitative estimate of drug-likeness (QED) is 0.724. The van der Waals surface area contributed by atoms with E-state index in [0.29, 0.717) is 17.7 Å². The maximum atomic E-state index is 12.0. The predicted octanol–water partition coefficient (Wildman–Crippen LogP) is 0.931. The van der Waals surface area contributed by atoms with Crippen LogP contribution in [0.25, 0.3) is 0 Å². The van der Waals surface area contributed by atoms with E-state index in [1.165, 1.54) is 0 Å². The Hall–Kier alpha value is -1.44. The second kappa shape index (κ2) is 6.34. The highest BCUT2D eigenvalue weighted by atomic mass is 32.2. The average molecular weight is 299 g/mol. The first-order valence-corrected chi connectivity index (χ1v) is 8.05. The number of primary sulfonamides is 1. The third kappa shape index (κ3) is 5.28. The summed E-state index contributed by atoms with van der Waals surface area (Å²) in [5, 5.41) is 7.68. The first kappa shape index (κ1) is 16.6. The number of nitrogens with one attached hydrogen (secondary N) is 1. The van der Waals surface area contributed by atoms with Crippen LogP contribution in [-0.4, -0.2) is 19.9 Å². The van der Waals surface area contributed by atoms with Crippen molar-refractivity contribution >= 4 is 21.6 Å². The number of hydrogen-bond donors (Lipinski definition) is 3. The van der Waals surface area contributed by atoms with Gasteiger partial charge in [0.1, 0.15) is 0 Å². The molecule has 1 aromatic carbocycles. The molecule has 0 heterocycles. The van der Waals surface area contributed by atoms with Crippen molar-refractivity contribution in [3.63, 3.8) is 0 Å². The minimum absolute atomic E-state index is 0.230. The average Bonchev–Trinajstić information content (AvgIpc) is 2.29. The summed E-state index contributed by atoms with van der Waals surface area (Å²) in [5.41, 5.74) is 6.14. The summed E-state index contributed by atoms with van der Waals surface area (Å²) in [4.78, 5) is 12.0. The first-order chi connectivity index (χ1) is 9.14. The Morgan fingerprint density at radius 1 is 1.30 bits per heavy atom. The van der Waals surface area contributed by atoms with Gasteiger partial charge < -0.3 is 11.1 Å². The number of carbonyl (C=O) groups excluding carboxylic acids is 1. The van der Waals surface area contributed by atoms with Crippen LogP contribution in [0.2, 0.25) is 0 Å². The molecule has 0 saturated carbocycles. The van der Waals surface area contributed by atoms with Gasteiger partial charge >= 0.3 is 0 Å². The number of amides is 1. The highest BCUT2D eigenvalue weighted by Crippen LogP contribution is 2.15. The third-order valence-electron chi connectivity index (χ3n) is 2.87. The van der Waals surface area contributed by atoms with Crippen LogP contribution in [0.3, 0.4) is 0 Å². The second-order valence-electron chi connectivity index (χ2n) is 5.13. The maximum Gasteiger partial charge on any atom is 0.244 e. The molecule has 1 unspecified atom stereocenters. The molecule has 1 aromatic rings. The van der Waals surface area contributed by atoms with Gasteiger partial charge in [-0.25, -0.2) is 13.6 Å². The number of hydrogen-bond acceptors (Lipinski definition) is 4. The largest absolute Gasteiger partial charge is 0.325 e. The molecule has 0 fully saturated rings. The lowest BCUT2D eigenvalue weighted by Crippen LogP contribution is -2.48. The zero-order chi connectivity index (χ0) is 15.4. The number of carbonyl (C=O) groups is 1. The summed E-state index contributed by atoms with van der Waals surface area (Å²) in [5.74, 6) is -0.496. The van der Waals surface area contributed by atoms with Crippen LogP contribution in [0.15, 0.2) is 24.3 Å². The van der Waals surface area contributed by atoms with Gasteiger partial charge in [-0.15, -0.1) is 0 Å². The summed E-state index contributed by atoms with van der Waals surface area (Å²) in [6, 6.07) is 6.46. The van der Waals surface area contributed by atoms with Gasteiger partial charge in [0, 0.05) is 5.69 Å². The van der Waals surface area contributed by atoms with Crippen LogP contribution in [0.1, 0.15) is 32.3 Å². The highest BCUT2D eigenvalue weighted by Gasteiger charge is 2.27. The van der Waals surface area contributed by atoms with E-state index in [1.54, 1.807) is 31.2 Å². The van der Waals surface area contributed by atoms with E-state index in [1.807, 2.05) is 6.92 Å². The van der Waals surface area contributed by atoms with E-state index in [2.05, 4.69) is 5.32 Å². The van der Waals surface area contributed by atoms with E-state index >= 15 is 0 Å². The van der Waals surface area contributed by atoms with Gasteiger partial charge in [0.2, 0.25) is 15.9 Å². The molecule has 7 heteroatoms. The third-order valence-corrected chi connectivity index (χ3v) is 3.60. The van der Waals surface area contributed by atoms with Crippen molar-refractivity contribution < 1.29 is 13.2 Å². The molecule has 5 N–H and O–H groups in total. The molecule has 0 saturated heterocycles. The molecule has 0 spiro atoms. The van der Waals surface area contributed by atoms with Crippen molar-refractivity contribution in [1.82, 2.24) is 0 Å². The fourth-order valence-corrected chi connectivity index (χ4v) is 2.48. The van der Waals surface area contributed by atoms with Crippen LogP contribution in [0.4, 0.5) is 5.69 Å². The topological polar surface area (TPSA) is 115 Å². The molecule has 20 heavy (non-hydrogen) atoms. The molecule has 1 amide bonds. The molecule has 0 aliphatic heterocycles. The zero-order valence-electron chi connectivity index (χ0n) is 11.7. The molecular formula is C13H21N3O3S. The van der Waals surface area contributed by atoms with E-state index in [9.17, 15) is 13.2 Å². The van der Waals surface area contributed by atoms with Crippen LogP contribution < -0.4 is 16.2 Å². The van der Waals surface area contributed by atoms with Crippen molar-refractivity contribution in [3.05, 3.63) is 29.8 Å². The van der Waals surface area contributed by atoms with E-state index in [-0.39, 0.29) is 11.7 Å². The van der Waals surface area contributed by atoms with E-state index < -0.39 is 15.6 Å². The number of rotatable bonds is 6. The summed E-state index contributed by atoms with van der Waals surface area (Å²) >= 11 is 0. The Morgan fingerprint density at radius 3 is 2.30 bits per heavy atom. The fourth-order valence-electron chi connectivity index (χ4n) is 1.82. The van der Waals surface area contributed by atoms with E-state index in [0.717, 1.165) is 6.42 Å². The Morgan fingerprint density at radius 2 is 1.85 bits per heavy atom. The molecule has 1 atom stereocenters. The molecule has 6 nitrogen and oxygen atoms in total. The lowest BCUT2D eigenvalue weighted by Gasteiger charge is -2.22. The van der Waals surface area contributed by atoms with Crippen molar-refractivity contribution in [2.75, 3.05) is 5.32 Å². The summed E-state index contributed by atoms with van der Waals surface area (Å²) in [6.45, 7) is 3.64. The zero-order valence-corrected chi connectivity index (χ0v) is 12.5. The van der Waals surface area contributed by atoms with Gasteiger partial charge in [-0.1, -0.05) is 25.5 Å². The first-order valence-electron chi connectivity index (χ1n) is 6.34. The molecule has 0 aliphatic rings. The van der Waals surface area contributed by atoms with E-state index in [4.69, 9.17) is 10.9 Å². The van der Waals surface area contributed by atoms with Gasteiger partial charge in [0.05, 0.1) is 11.3 Å². The summed E-state index contributed by atoms with van der Waals surface area (Å²) in [6.07, 6.45) is 1.40. The van der Waals surface area contributed by atoms with Crippen molar-refractivity contribution in [1.29, 1.82) is 0 Å². The smallest absolute Gasteiger partial charge is 0.244 e. The molecule has 0 bridgehead atoms. The van der Waals surface area contributed by atoms with Gasteiger partial charge in [-0.05, 0) is 31.0 Å². The van der Waals surface area contributed by atoms with Gasteiger partial charge in [0.25, 0.3) is 0 Å². The molecule has 112 valence electrons. The number of anilines is 1. The Labute approximate surface area is 119 Å². The minimum Gasteiger partial charge on any atom is -0.325 e. The van der Waals surface area contributed by atoms with Crippen LogP contribution >= 0.6 is 0 Å². The standard InChI is InChI=1S/C13H21N3O3S/c1-3-8-13(2,14)12(17)16-11-6-4-10(5-7-11)9-20(15,18)19/h4-7H,3,8-9,14H2,1-2H3,(H,16,17)(H2,15,18,19). The monoisotopic (exact) mass is 299 g/mol. The number of sulfonamides is 1. The van der Waals surface area contributed by atoms with Crippen molar-refractivity contribution in [2.45, 2.75) is 38.0 Å². The van der Waals surface area contributed by atoms with Gasteiger partial charge in [-0.3, -0.25) is 4.79 Å². The number of benzene rings is 1. The molecule has 0 aromatic heterocycles. The second-order valence-corrected chi connectivity index (χ2v) is 6.74. The van der Waals surface area contributed by atoms with Gasteiger partial charge in [-0.2, -0.15) is 0 Å². The fraction of sp³-hybridized carbons (Fsp3) is 0.462. The normalized spacial score (nSPS) is 14.6. The molecular weight excluding hydrogens is 278 g/mol. The summed E-state index contributed by atoms with van der Waals surface area (Å²) in [7, 11) is -3.55. The Bertz CT molecular complexity index is 565. The molecule has 1 rings (SSSR count). The molecule has 0 aliphatic carbocycles. The van der Waals surface area contributed by atoms with Crippen LogP contribution in [0.5, 0.6) is 0 Å². The predicted molar refractivity (Wildman–Crippen MR) is 79.4 cm³/mol. The van der Waals surface area contributed by atoms with Crippen LogP contribution in [0, 0.1) is 0 Å². The summed E-state index contributed by atoms with van der Waals surface area (Å²) < 4.78 is 21.9. The number of nitrogens with two attached hydrogens (primary N) is 2. The van der Waals surface area contributed by atoms with Gasteiger partial charge in [0.15, 0.2) is 0 Å². The lowest BCUT2D eigenvalue weighted by atomic mass is 9.96. The maximum absolute atomic E-state index is 12.0. The SMILES string of the molecule is CCCC(C)(N)C(=O)Nc1ccc(CS(N)(=O)=O)cc1. The van der Waals surface area contributed by atoms with Crippen molar-refractivity contribution in [2.24, 2.45) is 10.9 Å². The Kier molecular flexibility index (Phi) is 5.27. The van der Waals surface area contributed by atoms with Crippen LogP contribution in [-0.2, 0) is 20.6 Å². The highest BCUT2D eigenvalue weighted by molar-refractivity contribution is 7.88. The minimum atomic E-state index is -3.55. The Balaban J connectivity index is 2.73. The molecule has 0 radical (unpaired) electrons. The lowest BCUT2D eigenvalue weighted by molar-refractivity contribution is -0.120.